The zero-order chi connectivity index (χ0) is 20.9. The van der Waals surface area contributed by atoms with Crippen LogP contribution in [0.1, 0.15) is 49.2 Å². The van der Waals surface area contributed by atoms with Crippen LogP contribution in [-0.4, -0.2) is 32.6 Å². The van der Waals surface area contributed by atoms with Crippen LogP contribution in [0.2, 0.25) is 0 Å². The highest BCUT2D eigenvalue weighted by molar-refractivity contribution is 7.89. The number of aryl methyl sites for hydroxylation is 1. The number of carbonyl (C=O) groups is 1. The van der Waals surface area contributed by atoms with Crippen molar-refractivity contribution in [3.8, 4) is 5.75 Å². The van der Waals surface area contributed by atoms with Crippen molar-refractivity contribution in [1.29, 1.82) is 0 Å². The summed E-state index contributed by atoms with van der Waals surface area (Å²) in [6.07, 6.45) is 0.511. The van der Waals surface area contributed by atoms with Gasteiger partial charge in [-0.2, -0.15) is 0 Å². The molecule has 0 saturated carbocycles. The van der Waals surface area contributed by atoms with Gasteiger partial charge in [-0.1, -0.05) is 45.9 Å². The van der Waals surface area contributed by atoms with Gasteiger partial charge >= 0.3 is 5.97 Å². The van der Waals surface area contributed by atoms with Crippen LogP contribution < -0.4 is 9.46 Å². The number of rotatable bonds is 8. The third-order valence-corrected chi connectivity index (χ3v) is 5.84. The third-order valence-electron chi connectivity index (χ3n) is 4.39. The first-order valence-electron chi connectivity index (χ1n) is 9.14. The van der Waals surface area contributed by atoms with Crippen LogP contribution in [-0.2, 0) is 21.9 Å². The molecular weight excluding hydrogens is 378 g/mol. The molecule has 0 radical (unpaired) electrons. The molecule has 0 spiro atoms. The van der Waals surface area contributed by atoms with E-state index in [-0.39, 0.29) is 29.0 Å². The van der Waals surface area contributed by atoms with Gasteiger partial charge < -0.3 is 9.84 Å². The first-order valence-corrected chi connectivity index (χ1v) is 10.6. The molecule has 0 bridgehead atoms. The molecule has 2 rings (SSSR count). The van der Waals surface area contributed by atoms with Crippen molar-refractivity contribution in [3.05, 3.63) is 59.2 Å². The van der Waals surface area contributed by atoms with Crippen molar-refractivity contribution >= 4 is 16.0 Å². The summed E-state index contributed by atoms with van der Waals surface area (Å²) in [6.45, 7) is 8.43. The average Bonchev–Trinajstić information content (AvgIpc) is 2.64. The minimum absolute atomic E-state index is 0.000521. The maximum absolute atomic E-state index is 12.4. The molecule has 0 saturated heterocycles. The van der Waals surface area contributed by atoms with E-state index in [0.717, 1.165) is 0 Å². The molecule has 0 aliphatic heterocycles. The number of ether oxygens (including phenoxy) is 1. The largest absolute Gasteiger partial charge is 0.492 e. The monoisotopic (exact) mass is 405 g/mol. The summed E-state index contributed by atoms with van der Waals surface area (Å²) in [4.78, 5) is 11.3. The molecule has 0 aromatic heterocycles. The number of aromatic carboxylic acids is 1. The number of nitrogens with one attached hydrogen (secondary N) is 1. The van der Waals surface area contributed by atoms with Gasteiger partial charge in [0.15, 0.2) is 0 Å². The summed E-state index contributed by atoms with van der Waals surface area (Å²) >= 11 is 0. The fourth-order valence-electron chi connectivity index (χ4n) is 2.71. The van der Waals surface area contributed by atoms with Gasteiger partial charge in [-0.25, -0.2) is 17.9 Å². The van der Waals surface area contributed by atoms with Gasteiger partial charge in [-0.15, -0.1) is 0 Å². The number of hydrogen-bond donors (Lipinski definition) is 2. The van der Waals surface area contributed by atoms with Crippen LogP contribution in [0.3, 0.4) is 0 Å². The van der Waals surface area contributed by atoms with E-state index in [0.29, 0.717) is 17.7 Å². The fraction of sp³-hybridized carbons (Fsp3) is 0.381. The first-order chi connectivity index (χ1) is 13.0. The van der Waals surface area contributed by atoms with E-state index in [1.807, 2.05) is 31.2 Å². The Morgan fingerprint density at radius 2 is 1.75 bits per heavy atom. The van der Waals surface area contributed by atoms with Crippen LogP contribution in [0.4, 0.5) is 0 Å². The van der Waals surface area contributed by atoms with Crippen LogP contribution in [0.5, 0.6) is 5.75 Å². The zero-order valence-corrected chi connectivity index (χ0v) is 17.5. The van der Waals surface area contributed by atoms with Gasteiger partial charge in [0.05, 0.1) is 10.5 Å². The molecule has 6 nitrogen and oxygen atoms in total. The van der Waals surface area contributed by atoms with Crippen molar-refractivity contribution in [2.45, 2.75) is 44.4 Å². The van der Waals surface area contributed by atoms with Gasteiger partial charge in [-0.3, -0.25) is 0 Å². The van der Waals surface area contributed by atoms with Crippen molar-refractivity contribution < 1.29 is 23.1 Å². The molecule has 0 atom stereocenters. The quantitative estimate of drug-likeness (QED) is 0.655. The van der Waals surface area contributed by atoms with Crippen LogP contribution in [0.25, 0.3) is 0 Å². The summed E-state index contributed by atoms with van der Waals surface area (Å²) in [7, 11) is -3.82. The number of hydrogen-bond acceptors (Lipinski definition) is 4. The highest BCUT2D eigenvalue weighted by atomic mass is 32.2. The molecule has 2 N–H and O–H groups in total. The fourth-order valence-corrected chi connectivity index (χ4v) is 3.75. The lowest BCUT2D eigenvalue weighted by Gasteiger charge is -2.19. The van der Waals surface area contributed by atoms with E-state index in [4.69, 9.17) is 4.74 Å². The molecule has 0 aliphatic rings. The predicted molar refractivity (Wildman–Crippen MR) is 109 cm³/mol. The van der Waals surface area contributed by atoms with Crippen molar-refractivity contribution in [1.82, 2.24) is 4.72 Å². The Morgan fingerprint density at radius 1 is 1.11 bits per heavy atom. The van der Waals surface area contributed by atoms with E-state index in [1.54, 1.807) is 0 Å². The van der Waals surface area contributed by atoms with E-state index in [1.165, 1.54) is 23.8 Å². The Morgan fingerprint density at radius 3 is 2.29 bits per heavy atom. The molecule has 0 fully saturated rings. The normalized spacial score (nSPS) is 12.0. The van der Waals surface area contributed by atoms with Crippen molar-refractivity contribution in [2.24, 2.45) is 0 Å². The number of sulfonamides is 1. The number of carboxylic acid groups (broad SMARTS) is 1. The second kappa shape index (κ2) is 8.75. The van der Waals surface area contributed by atoms with Crippen molar-refractivity contribution in [3.63, 3.8) is 0 Å². The Labute approximate surface area is 166 Å². The van der Waals surface area contributed by atoms with E-state index in [9.17, 15) is 18.3 Å². The summed E-state index contributed by atoms with van der Waals surface area (Å²) in [6, 6.07) is 11.8. The highest BCUT2D eigenvalue weighted by Gasteiger charge is 2.18. The molecule has 152 valence electrons. The summed E-state index contributed by atoms with van der Waals surface area (Å²) < 4.78 is 32.8. The highest BCUT2D eigenvalue weighted by Crippen LogP contribution is 2.24. The molecule has 2 aromatic rings. The molecule has 0 aliphatic carbocycles. The first kappa shape index (κ1) is 21.9. The number of carboxylic acids is 1. The molecule has 0 amide bonds. The predicted octanol–water partition coefficient (Wildman–Crippen LogP) is 3.60. The Hall–Kier alpha value is -2.38. The Balaban J connectivity index is 1.97. The van der Waals surface area contributed by atoms with E-state index >= 15 is 0 Å². The smallest absolute Gasteiger partial charge is 0.336 e. The van der Waals surface area contributed by atoms with Crippen molar-refractivity contribution in [2.75, 3.05) is 13.2 Å². The lowest BCUT2D eigenvalue weighted by molar-refractivity contribution is 0.0695. The molecule has 0 unspecified atom stereocenters. The second-order valence-corrected chi connectivity index (χ2v) is 9.27. The van der Waals surface area contributed by atoms with Crippen LogP contribution >= 0.6 is 0 Å². The average molecular weight is 406 g/mol. The molecule has 0 heterocycles. The SMILES string of the molecule is CCc1ccc(S(=O)(=O)NCCOc2ccc(C(C)(C)C)cc2)cc1C(=O)O. The summed E-state index contributed by atoms with van der Waals surface area (Å²) in [5.41, 5.74) is 1.83. The van der Waals surface area contributed by atoms with Gasteiger partial charge in [0.2, 0.25) is 10.0 Å². The van der Waals surface area contributed by atoms with E-state index in [2.05, 4.69) is 25.5 Å². The van der Waals surface area contributed by atoms with Crippen LogP contribution in [0.15, 0.2) is 47.4 Å². The summed E-state index contributed by atoms with van der Waals surface area (Å²) in [5.74, 6) is -0.483. The standard InChI is InChI=1S/C21H27NO5S/c1-5-15-6-11-18(14-19(15)20(23)24)28(25,26)22-12-13-27-17-9-7-16(8-10-17)21(2,3)4/h6-11,14,22H,5,12-13H2,1-4H3,(H,23,24). The maximum Gasteiger partial charge on any atom is 0.336 e. The Bertz CT molecular complexity index is 928. The van der Waals surface area contributed by atoms with E-state index < -0.39 is 16.0 Å². The topological polar surface area (TPSA) is 92.7 Å². The molecule has 28 heavy (non-hydrogen) atoms. The molecule has 2 aromatic carbocycles. The lowest BCUT2D eigenvalue weighted by atomic mass is 9.87. The van der Waals surface area contributed by atoms with Gasteiger partial charge in [0.25, 0.3) is 0 Å². The lowest BCUT2D eigenvalue weighted by Crippen LogP contribution is -2.28. The summed E-state index contributed by atoms with van der Waals surface area (Å²) in [5, 5.41) is 9.26. The zero-order valence-electron chi connectivity index (χ0n) is 16.7. The maximum atomic E-state index is 12.4. The molecule has 7 heteroatoms. The number of benzene rings is 2. The van der Waals surface area contributed by atoms with Gasteiger partial charge in [0, 0.05) is 6.54 Å². The molecular formula is C21H27NO5S. The minimum Gasteiger partial charge on any atom is -0.492 e. The van der Waals surface area contributed by atoms with Gasteiger partial charge in [-0.05, 0) is 47.2 Å². The third kappa shape index (κ3) is 5.56. The van der Waals surface area contributed by atoms with Gasteiger partial charge in [0.1, 0.15) is 12.4 Å². The minimum atomic E-state index is -3.82. The second-order valence-electron chi connectivity index (χ2n) is 7.50. The Kier molecular flexibility index (Phi) is 6.85. The van der Waals surface area contributed by atoms with Crippen LogP contribution in [0, 0.1) is 0 Å².